The largest absolute Gasteiger partial charge is 0.511 e. The Morgan fingerprint density at radius 1 is 1.37 bits per heavy atom. The molecule has 27 heavy (non-hydrogen) atoms. The summed E-state index contributed by atoms with van der Waals surface area (Å²) in [6.45, 7) is 0.199. The number of nitrogens with one attached hydrogen (secondary N) is 2. The van der Waals surface area contributed by atoms with E-state index >= 15 is 0 Å². The minimum absolute atomic E-state index is 0.159. The van der Waals surface area contributed by atoms with Gasteiger partial charge in [-0.2, -0.15) is 17.5 Å². The smallest absolute Gasteiger partial charge is 0.356 e. The highest BCUT2D eigenvalue weighted by Gasteiger charge is 2.50. The Labute approximate surface area is 161 Å². The van der Waals surface area contributed by atoms with Crippen LogP contribution in [0, 0.1) is 0 Å². The zero-order valence-electron chi connectivity index (χ0n) is 14.6. The molecule has 1 fully saturated rings. The summed E-state index contributed by atoms with van der Waals surface area (Å²) in [6.07, 6.45) is 2.89. The van der Waals surface area contributed by atoms with Gasteiger partial charge in [0.05, 0.1) is 0 Å². The van der Waals surface area contributed by atoms with Gasteiger partial charge in [-0.05, 0) is 30.9 Å². The lowest BCUT2D eigenvalue weighted by Gasteiger charge is -2.32. The molecular weight excluding hydrogens is 407 g/mol. The Kier molecular flexibility index (Phi) is 7.29. The molecule has 2 N–H and O–H groups in total. The number of sulfonamides is 1. The summed E-state index contributed by atoms with van der Waals surface area (Å²) in [6, 6.07) is 3.41. The van der Waals surface area contributed by atoms with Crippen molar-refractivity contribution in [3.8, 4) is 0 Å². The maximum Gasteiger partial charge on any atom is 0.511 e. The first-order valence-corrected chi connectivity index (χ1v) is 10.1. The molecule has 1 aromatic heterocycles. The molecule has 1 aliphatic heterocycles. The van der Waals surface area contributed by atoms with Gasteiger partial charge in [0, 0.05) is 38.9 Å². The lowest BCUT2D eigenvalue weighted by atomic mass is 10.1. The number of hydrogen-bond donors (Lipinski definition) is 2. The summed E-state index contributed by atoms with van der Waals surface area (Å²) in [5.74, 6) is 0.508. The summed E-state index contributed by atoms with van der Waals surface area (Å²) in [5.41, 5.74) is -4.27. The van der Waals surface area contributed by atoms with E-state index in [9.17, 15) is 21.6 Å². The molecule has 0 aromatic carbocycles. The topological polar surface area (TPSA) is 86.7 Å². The minimum Gasteiger partial charge on any atom is -0.356 e. The van der Waals surface area contributed by atoms with Crippen molar-refractivity contribution in [2.75, 3.05) is 26.7 Å². The van der Waals surface area contributed by atoms with Gasteiger partial charge in [0.25, 0.3) is 0 Å². The third-order valence-corrected chi connectivity index (χ3v) is 6.00. The normalized spacial score (nSPS) is 17.7. The van der Waals surface area contributed by atoms with E-state index < -0.39 is 15.5 Å². The van der Waals surface area contributed by atoms with Gasteiger partial charge in [0.15, 0.2) is 5.96 Å². The predicted molar refractivity (Wildman–Crippen MR) is 97.0 cm³/mol. The van der Waals surface area contributed by atoms with Crippen LogP contribution in [0.25, 0.3) is 0 Å². The Morgan fingerprint density at radius 2 is 2.04 bits per heavy atom. The molecule has 0 atom stereocenters. The van der Waals surface area contributed by atoms with Crippen molar-refractivity contribution in [2.45, 2.75) is 30.8 Å². The summed E-state index contributed by atoms with van der Waals surface area (Å²) >= 11 is 5.73. The first kappa shape index (κ1) is 21.7. The number of rotatable bonds is 5. The molecule has 0 saturated carbocycles. The molecule has 152 valence electrons. The Morgan fingerprint density at radius 3 is 2.56 bits per heavy atom. The number of halogens is 4. The lowest BCUT2D eigenvalue weighted by molar-refractivity contribution is -0.0494. The summed E-state index contributed by atoms with van der Waals surface area (Å²) in [4.78, 5) is 8.07. The SMILES string of the molecule is CN=C(NCCc1ccc(Cl)nc1)NC1CCN(S(=O)(=O)C(F)(F)F)CC1. The van der Waals surface area contributed by atoms with Gasteiger partial charge in [-0.25, -0.2) is 13.4 Å². The van der Waals surface area contributed by atoms with E-state index in [-0.39, 0.29) is 32.0 Å². The first-order chi connectivity index (χ1) is 12.6. The highest BCUT2D eigenvalue weighted by molar-refractivity contribution is 7.90. The van der Waals surface area contributed by atoms with Gasteiger partial charge in [-0.3, -0.25) is 4.99 Å². The predicted octanol–water partition coefficient (Wildman–Crippen LogP) is 1.76. The third-order valence-electron chi connectivity index (χ3n) is 4.15. The maximum atomic E-state index is 12.6. The monoisotopic (exact) mass is 427 g/mol. The van der Waals surface area contributed by atoms with Crippen LogP contribution in [0.2, 0.25) is 5.15 Å². The van der Waals surface area contributed by atoms with Crippen LogP contribution in [-0.4, -0.2) is 61.9 Å². The number of aliphatic imine (C=N–C) groups is 1. The number of pyridine rings is 1. The molecule has 7 nitrogen and oxygen atoms in total. The second-order valence-electron chi connectivity index (χ2n) is 6.01. The van der Waals surface area contributed by atoms with Crippen LogP contribution in [0.5, 0.6) is 0 Å². The molecule has 1 saturated heterocycles. The maximum absolute atomic E-state index is 12.6. The molecule has 2 rings (SSSR count). The minimum atomic E-state index is -5.26. The van der Waals surface area contributed by atoms with Crippen LogP contribution in [0.4, 0.5) is 13.2 Å². The van der Waals surface area contributed by atoms with E-state index in [0.717, 1.165) is 5.56 Å². The molecule has 1 aromatic rings. The average molecular weight is 428 g/mol. The standard InChI is InChI=1S/C15H21ClF3N5O2S/c1-20-14(21-7-4-11-2-3-13(16)22-10-11)23-12-5-8-24(9-6-12)27(25,26)15(17,18)19/h2-3,10,12H,4-9H2,1H3,(H2,20,21,23). The number of hydrogen-bond acceptors (Lipinski definition) is 4. The van der Waals surface area contributed by atoms with Crippen LogP contribution in [0.15, 0.2) is 23.3 Å². The molecular formula is C15H21ClF3N5O2S. The molecule has 1 aliphatic rings. The summed E-state index contributed by atoms with van der Waals surface area (Å²) in [7, 11) is -3.67. The van der Waals surface area contributed by atoms with Gasteiger partial charge >= 0.3 is 15.5 Å². The molecule has 0 amide bonds. The van der Waals surface area contributed by atoms with Crippen LogP contribution in [0.1, 0.15) is 18.4 Å². The number of nitrogens with zero attached hydrogens (tertiary/aromatic N) is 3. The van der Waals surface area contributed by atoms with E-state index in [2.05, 4.69) is 20.6 Å². The van der Waals surface area contributed by atoms with Gasteiger partial charge in [-0.1, -0.05) is 17.7 Å². The molecule has 0 bridgehead atoms. The zero-order valence-corrected chi connectivity index (χ0v) is 16.2. The van der Waals surface area contributed by atoms with E-state index in [1.54, 1.807) is 19.3 Å². The summed E-state index contributed by atoms with van der Waals surface area (Å²) < 4.78 is 61.1. The van der Waals surface area contributed by atoms with Crippen molar-refractivity contribution < 1.29 is 21.6 Å². The Balaban J connectivity index is 1.78. The quantitative estimate of drug-likeness (QED) is 0.425. The second-order valence-corrected chi connectivity index (χ2v) is 8.32. The number of guanidine groups is 1. The number of piperidine rings is 1. The van der Waals surface area contributed by atoms with Crippen molar-refractivity contribution >= 4 is 27.6 Å². The van der Waals surface area contributed by atoms with Gasteiger partial charge in [-0.15, -0.1) is 0 Å². The highest BCUT2D eigenvalue weighted by atomic mass is 35.5. The van der Waals surface area contributed by atoms with Crippen molar-refractivity contribution in [3.63, 3.8) is 0 Å². The molecule has 0 spiro atoms. The molecule has 2 heterocycles. The van der Waals surface area contributed by atoms with Crippen molar-refractivity contribution in [3.05, 3.63) is 29.0 Å². The first-order valence-electron chi connectivity index (χ1n) is 8.27. The molecule has 0 unspecified atom stereocenters. The van der Waals surface area contributed by atoms with E-state index in [1.807, 2.05) is 6.07 Å². The third kappa shape index (κ3) is 5.94. The second kappa shape index (κ2) is 9.07. The fourth-order valence-electron chi connectivity index (χ4n) is 2.65. The Bertz CT molecular complexity index is 748. The van der Waals surface area contributed by atoms with Crippen molar-refractivity contribution in [2.24, 2.45) is 4.99 Å². The van der Waals surface area contributed by atoms with Crippen molar-refractivity contribution in [1.82, 2.24) is 19.9 Å². The molecule has 0 aliphatic carbocycles. The molecule has 12 heteroatoms. The molecule has 0 radical (unpaired) electrons. The van der Waals surface area contributed by atoms with E-state index in [0.29, 0.717) is 28.4 Å². The summed E-state index contributed by atoms with van der Waals surface area (Å²) in [5, 5.41) is 6.64. The van der Waals surface area contributed by atoms with Crippen LogP contribution in [-0.2, 0) is 16.4 Å². The Hall–Kier alpha value is -1.59. The van der Waals surface area contributed by atoms with Crippen LogP contribution in [0.3, 0.4) is 0 Å². The van der Waals surface area contributed by atoms with Crippen LogP contribution < -0.4 is 10.6 Å². The number of aromatic nitrogens is 1. The lowest BCUT2D eigenvalue weighted by Crippen LogP contribution is -2.51. The number of alkyl halides is 3. The fourth-order valence-corrected chi connectivity index (χ4v) is 3.75. The van der Waals surface area contributed by atoms with Crippen LogP contribution >= 0.6 is 11.6 Å². The van der Waals surface area contributed by atoms with Gasteiger partial charge in [0.1, 0.15) is 5.15 Å². The average Bonchev–Trinajstić information content (AvgIpc) is 2.62. The van der Waals surface area contributed by atoms with Gasteiger partial charge in [0.2, 0.25) is 0 Å². The van der Waals surface area contributed by atoms with E-state index in [1.165, 1.54) is 0 Å². The van der Waals surface area contributed by atoms with E-state index in [4.69, 9.17) is 11.6 Å². The fraction of sp³-hybridized carbons (Fsp3) is 0.600. The van der Waals surface area contributed by atoms with Crippen molar-refractivity contribution in [1.29, 1.82) is 0 Å². The highest BCUT2D eigenvalue weighted by Crippen LogP contribution is 2.28. The van der Waals surface area contributed by atoms with Gasteiger partial charge < -0.3 is 10.6 Å². The zero-order chi connectivity index (χ0) is 20.1.